The van der Waals surface area contributed by atoms with Gasteiger partial charge in [-0.1, -0.05) is 6.07 Å². The van der Waals surface area contributed by atoms with E-state index in [1.807, 2.05) is 26.0 Å². The molecule has 1 aromatic carbocycles. The van der Waals surface area contributed by atoms with Gasteiger partial charge in [0.15, 0.2) is 0 Å². The Hall–Kier alpha value is -2.66. The highest BCUT2D eigenvalue weighted by Gasteiger charge is 2.27. The Labute approximate surface area is 172 Å². The van der Waals surface area contributed by atoms with Crippen molar-refractivity contribution in [3.63, 3.8) is 0 Å². The molecule has 0 radical (unpaired) electrons. The number of pyridine rings is 1. The van der Waals surface area contributed by atoms with Gasteiger partial charge in [-0.3, -0.25) is 4.98 Å². The summed E-state index contributed by atoms with van der Waals surface area (Å²) >= 11 is 0. The highest BCUT2D eigenvalue weighted by atomic mass is 16.5. The van der Waals surface area contributed by atoms with E-state index in [0.29, 0.717) is 17.5 Å². The number of benzene rings is 1. The van der Waals surface area contributed by atoms with Crippen LogP contribution in [0.3, 0.4) is 0 Å². The Bertz CT molecular complexity index is 1010. The van der Waals surface area contributed by atoms with Gasteiger partial charge < -0.3 is 14.6 Å². The molecule has 4 rings (SSSR count). The second-order valence-corrected chi connectivity index (χ2v) is 8.33. The summed E-state index contributed by atoms with van der Waals surface area (Å²) in [5.74, 6) is 0.224. The fraction of sp³-hybridized carbons (Fsp3) is 0.417. The first kappa shape index (κ1) is 19.6. The van der Waals surface area contributed by atoms with Crippen molar-refractivity contribution in [1.29, 1.82) is 0 Å². The second-order valence-electron chi connectivity index (χ2n) is 8.33. The van der Waals surface area contributed by atoms with Gasteiger partial charge in [-0.2, -0.15) is 0 Å². The molecule has 1 unspecified atom stereocenters. The maximum Gasteiger partial charge on any atom is 0.341 e. The molecule has 0 aliphatic carbocycles. The van der Waals surface area contributed by atoms with E-state index in [0.717, 1.165) is 41.7 Å². The minimum absolute atomic E-state index is 0.287. The molecule has 0 bridgehead atoms. The van der Waals surface area contributed by atoms with Gasteiger partial charge in [0, 0.05) is 41.6 Å². The van der Waals surface area contributed by atoms with Crippen LogP contribution in [0.15, 0.2) is 42.7 Å². The number of carbonyl (C=O) groups is 1. The number of hydrogen-bond acceptors (Lipinski definition) is 4. The van der Waals surface area contributed by atoms with Gasteiger partial charge in [0.05, 0.1) is 5.56 Å². The van der Waals surface area contributed by atoms with Crippen LogP contribution in [-0.4, -0.2) is 40.0 Å². The van der Waals surface area contributed by atoms with Gasteiger partial charge in [0.1, 0.15) is 6.10 Å². The molecule has 0 saturated carbocycles. The summed E-state index contributed by atoms with van der Waals surface area (Å²) in [4.78, 5) is 22.9. The molecule has 5 heteroatoms. The number of H-pyrrole nitrogens is 1. The summed E-state index contributed by atoms with van der Waals surface area (Å²) in [6.07, 6.45) is 4.26. The number of nitrogens with one attached hydrogen (secondary N) is 1. The quantitative estimate of drug-likeness (QED) is 0.623. The number of aromatic amines is 1. The van der Waals surface area contributed by atoms with Gasteiger partial charge in [-0.15, -0.1) is 0 Å². The number of likely N-dealkylation sites (tertiary alicyclic amines) is 1. The molecular weight excluding hydrogens is 362 g/mol. The molecule has 0 spiro atoms. The minimum atomic E-state index is -0.326. The van der Waals surface area contributed by atoms with Crippen molar-refractivity contribution >= 4 is 16.9 Å². The highest BCUT2D eigenvalue weighted by Crippen LogP contribution is 2.33. The fourth-order valence-electron chi connectivity index (χ4n) is 4.31. The number of nitrogens with zero attached hydrogens (tertiary/aromatic N) is 2. The molecule has 0 amide bonds. The van der Waals surface area contributed by atoms with Crippen molar-refractivity contribution in [2.24, 2.45) is 0 Å². The summed E-state index contributed by atoms with van der Waals surface area (Å²) in [7, 11) is 0. The zero-order valence-electron chi connectivity index (χ0n) is 17.6. The molecule has 1 N–H and O–H groups in total. The van der Waals surface area contributed by atoms with E-state index in [9.17, 15) is 4.79 Å². The van der Waals surface area contributed by atoms with E-state index in [1.54, 1.807) is 12.4 Å². The Morgan fingerprint density at radius 1 is 1.21 bits per heavy atom. The highest BCUT2D eigenvalue weighted by molar-refractivity contribution is 6.05. The number of aryl methyl sites for hydroxylation is 1. The summed E-state index contributed by atoms with van der Waals surface area (Å²) in [6, 6.07) is 10.8. The lowest BCUT2D eigenvalue weighted by atomic mass is 9.96. The van der Waals surface area contributed by atoms with Crippen molar-refractivity contribution < 1.29 is 9.53 Å². The first-order valence-corrected chi connectivity index (χ1v) is 10.4. The zero-order valence-corrected chi connectivity index (χ0v) is 17.6. The molecule has 1 saturated heterocycles. The Kier molecular flexibility index (Phi) is 5.41. The third-order valence-corrected chi connectivity index (χ3v) is 6.09. The van der Waals surface area contributed by atoms with Gasteiger partial charge in [0.25, 0.3) is 0 Å². The standard InChI is InChI=1S/C24H29N3O2/c1-15(2)27-12-9-20(14-27)19-5-6-22-21(13-19)23(16(3)26-22)24(28)29-17(4)18-7-10-25-11-8-18/h5-8,10-11,13,15,17,20,26H,9,12,14H2,1-4H3/t17-,20?/m0/s1. The zero-order chi connectivity index (χ0) is 20.5. The van der Waals surface area contributed by atoms with E-state index in [4.69, 9.17) is 4.74 Å². The van der Waals surface area contributed by atoms with Crippen molar-refractivity contribution in [3.05, 3.63) is 65.1 Å². The normalized spacial score (nSPS) is 18.4. The van der Waals surface area contributed by atoms with Gasteiger partial charge in [0.2, 0.25) is 0 Å². The average Bonchev–Trinajstić information content (AvgIpc) is 3.32. The van der Waals surface area contributed by atoms with Crippen molar-refractivity contribution in [3.8, 4) is 0 Å². The number of hydrogen-bond donors (Lipinski definition) is 1. The Morgan fingerprint density at radius 2 is 1.97 bits per heavy atom. The van der Waals surface area contributed by atoms with E-state index in [1.165, 1.54) is 5.56 Å². The van der Waals surface area contributed by atoms with Crippen LogP contribution in [0, 0.1) is 6.92 Å². The lowest BCUT2D eigenvalue weighted by Crippen LogP contribution is -2.27. The average molecular weight is 392 g/mol. The monoisotopic (exact) mass is 391 g/mol. The molecule has 3 heterocycles. The van der Waals surface area contributed by atoms with Crippen LogP contribution in [0.1, 0.15) is 66.4 Å². The lowest BCUT2D eigenvalue weighted by molar-refractivity contribution is 0.0339. The molecule has 3 aromatic rings. The first-order valence-electron chi connectivity index (χ1n) is 10.4. The summed E-state index contributed by atoms with van der Waals surface area (Å²) in [5, 5.41) is 0.954. The summed E-state index contributed by atoms with van der Waals surface area (Å²) in [6.45, 7) is 10.5. The Balaban J connectivity index is 1.61. The van der Waals surface area contributed by atoms with Crippen LogP contribution >= 0.6 is 0 Å². The van der Waals surface area contributed by atoms with Crippen LogP contribution in [0.5, 0.6) is 0 Å². The second kappa shape index (κ2) is 7.99. The van der Waals surface area contributed by atoms with Gasteiger partial charge >= 0.3 is 5.97 Å². The van der Waals surface area contributed by atoms with Gasteiger partial charge in [-0.25, -0.2) is 4.79 Å². The number of rotatable bonds is 5. The molecule has 152 valence electrons. The lowest BCUT2D eigenvalue weighted by Gasteiger charge is -2.20. The number of aromatic nitrogens is 2. The first-order chi connectivity index (χ1) is 13.9. The number of carbonyl (C=O) groups excluding carboxylic acids is 1. The predicted octanol–water partition coefficient (Wildman–Crippen LogP) is 4.99. The summed E-state index contributed by atoms with van der Waals surface area (Å²) in [5.41, 5.74) is 4.71. The molecular formula is C24H29N3O2. The third-order valence-electron chi connectivity index (χ3n) is 6.09. The Morgan fingerprint density at radius 3 is 2.66 bits per heavy atom. The van der Waals surface area contributed by atoms with E-state index in [2.05, 4.69) is 46.9 Å². The molecule has 5 nitrogen and oxygen atoms in total. The van der Waals surface area contributed by atoms with Crippen LogP contribution < -0.4 is 0 Å². The largest absolute Gasteiger partial charge is 0.454 e. The SMILES string of the molecule is Cc1[nH]c2ccc(C3CCN(C(C)C)C3)cc2c1C(=O)O[C@@H](C)c1ccncc1. The van der Waals surface area contributed by atoms with Crippen molar-refractivity contribution in [1.82, 2.24) is 14.9 Å². The molecule has 2 atom stereocenters. The number of ether oxygens (including phenoxy) is 1. The molecule has 1 fully saturated rings. The molecule has 2 aromatic heterocycles. The molecule has 29 heavy (non-hydrogen) atoms. The fourth-order valence-corrected chi connectivity index (χ4v) is 4.31. The van der Waals surface area contributed by atoms with Crippen LogP contribution in [-0.2, 0) is 4.74 Å². The molecule has 1 aliphatic heterocycles. The topological polar surface area (TPSA) is 58.2 Å². The van der Waals surface area contributed by atoms with E-state index < -0.39 is 0 Å². The smallest absolute Gasteiger partial charge is 0.341 e. The van der Waals surface area contributed by atoms with Crippen LogP contribution in [0.25, 0.3) is 10.9 Å². The van der Waals surface area contributed by atoms with Crippen molar-refractivity contribution in [2.45, 2.75) is 52.2 Å². The predicted molar refractivity (Wildman–Crippen MR) is 115 cm³/mol. The molecule has 1 aliphatic rings. The minimum Gasteiger partial charge on any atom is -0.454 e. The van der Waals surface area contributed by atoms with Crippen LogP contribution in [0.2, 0.25) is 0 Å². The van der Waals surface area contributed by atoms with E-state index in [-0.39, 0.29) is 12.1 Å². The van der Waals surface area contributed by atoms with Crippen molar-refractivity contribution in [2.75, 3.05) is 13.1 Å². The maximum absolute atomic E-state index is 13.0. The summed E-state index contributed by atoms with van der Waals surface area (Å²) < 4.78 is 5.79. The van der Waals surface area contributed by atoms with E-state index >= 15 is 0 Å². The number of fused-ring (bicyclic) bond motifs is 1. The van der Waals surface area contributed by atoms with Crippen LogP contribution in [0.4, 0.5) is 0 Å². The third kappa shape index (κ3) is 3.92. The van der Waals surface area contributed by atoms with Gasteiger partial charge in [-0.05, 0) is 82.0 Å². The maximum atomic E-state index is 13.0. The number of esters is 1.